The zero-order valence-electron chi connectivity index (χ0n) is 13.8. The van der Waals surface area contributed by atoms with Crippen LogP contribution in [0.5, 0.6) is 0 Å². The maximum absolute atomic E-state index is 12.1. The lowest BCUT2D eigenvalue weighted by molar-refractivity contribution is -0.131. The van der Waals surface area contributed by atoms with E-state index < -0.39 is 6.04 Å². The zero-order chi connectivity index (χ0) is 16.8. The monoisotopic (exact) mass is 319 g/mol. The van der Waals surface area contributed by atoms with Crippen molar-refractivity contribution in [1.82, 2.24) is 9.80 Å². The molecule has 0 aliphatic carbocycles. The Kier molecular flexibility index (Phi) is 5.98. The van der Waals surface area contributed by atoms with Gasteiger partial charge in [0.25, 0.3) is 0 Å². The van der Waals surface area contributed by atoms with E-state index in [0.717, 1.165) is 12.0 Å². The van der Waals surface area contributed by atoms with Gasteiger partial charge in [-0.25, -0.2) is 4.79 Å². The summed E-state index contributed by atoms with van der Waals surface area (Å²) in [5.41, 5.74) is 6.58. The molecule has 1 fully saturated rings. The van der Waals surface area contributed by atoms with Crippen LogP contribution in [0.3, 0.4) is 0 Å². The Morgan fingerprint density at radius 2 is 2.09 bits per heavy atom. The van der Waals surface area contributed by atoms with Crippen LogP contribution in [0.1, 0.15) is 18.9 Å². The van der Waals surface area contributed by atoms with E-state index in [1.54, 1.807) is 23.8 Å². The maximum Gasteiger partial charge on any atom is 0.410 e. The highest BCUT2D eigenvalue weighted by Gasteiger charge is 2.29. The normalized spacial score (nSPS) is 18.6. The van der Waals surface area contributed by atoms with Crippen molar-refractivity contribution in [1.29, 1.82) is 0 Å². The van der Waals surface area contributed by atoms with Gasteiger partial charge < -0.3 is 20.3 Å². The predicted molar refractivity (Wildman–Crippen MR) is 87.6 cm³/mol. The van der Waals surface area contributed by atoms with Crippen molar-refractivity contribution in [3.8, 4) is 0 Å². The number of carbonyl (C=O) groups excluding carboxylic acids is 2. The van der Waals surface area contributed by atoms with E-state index in [1.807, 2.05) is 30.3 Å². The molecule has 2 rings (SSSR count). The van der Waals surface area contributed by atoms with E-state index in [1.165, 1.54) is 0 Å². The molecule has 2 N–H and O–H groups in total. The molecule has 0 radical (unpaired) electrons. The van der Waals surface area contributed by atoms with Crippen molar-refractivity contribution in [2.45, 2.75) is 26.0 Å². The second-order valence-electron chi connectivity index (χ2n) is 6.15. The van der Waals surface area contributed by atoms with E-state index in [9.17, 15) is 9.59 Å². The summed E-state index contributed by atoms with van der Waals surface area (Å²) in [5.74, 6) is 0.196. The predicted octanol–water partition coefficient (Wildman–Crippen LogP) is 1.45. The SMILES string of the molecule is C[C@H](N)C(=O)N(C)CC1CCN(C(=O)OCc2ccccc2)C1. The summed E-state index contributed by atoms with van der Waals surface area (Å²) in [4.78, 5) is 27.2. The van der Waals surface area contributed by atoms with Gasteiger partial charge in [-0.15, -0.1) is 0 Å². The van der Waals surface area contributed by atoms with Crippen molar-refractivity contribution in [2.75, 3.05) is 26.7 Å². The quantitative estimate of drug-likeness (QED) is 0.891. The van der Waals surface area contributed by atoms with E-state index in [4.69, 9.17) is 10.5 Å². The fourth-order valence-electron chi connectivity index (χ4n) is 2.78. The Bertz CT molecular complexity index is 533. The van der Waals surface area contributed by atoms with Gasteiger partial charge in [0.15, 0.2) is 0 Å². The molecule has 6 nitrogen and oxygen atoms in total. The van der Waals surface area contributed by atoms with Crippen molar-refractivity contribution in [3.05, 3.63) is 35.9 Å². The molecule has 1 unspecified atom stereocenters. The van der Waals surface area contributed by atoms with Crippen LogP contribution in [-0.2, 0) is 16.1 Å². The fourth-order valence-corrected chi connectivity index (χ4v) is 2.78. The number of hydrogen-bond acceptors (Lipinski definition) is 4. The average Bonchev–Trinajstić information content (AvgIpc) is 3.01. The lowest BCUT2D eigenvalue weighted by Gasteiger charge is -2.23. The van der Waals surface area contributed by atoms with Crippen LogP contribution >= 0.6 is 0 Å². The third-order valence-corrected chi connectivity index (χ3v) is 4.05. The van der Waals surface area contributed by atoms with Gasteiger partial charge in [0.2, 0.25) is 5.91 Å². The zero-order valence-corrected chi connectivity index (χ0v) is 13.8. The summed E-state index contributed by atoms with van der Waals surface area (Å²) >= 11 is 0. The molecule has 1 aliphatic rings. The number of hydrogen-bond donors (Lipinski definition) is 1. The standard InChI is InChI=1S/C17H25N3O3/c1-13(18)16(21)19(2)10-15-8-9-20(11-15)17(22)23-12-14-6-4-3-5-7-14/h3-7,13,15H,8-12,18H2,1-2H3/t13-,15?/m0/s1. The molecule has 0 spiro atoms. The summed E-state index contributed by atoms with van der Waals surface area (Å²) in [6.45, 7) is 3.86. The summed E-state index contributed by atoms with van der Waals surface area (Å²) in [6, 6.07) is 9.12. The Labute approximate surface area is 137 Å². The molecular weight excluding hydrogens is 294 g/mol. The minimum Gasteiger partial charge on any atom is -0.445 e. The third-order valence-electron chi connectivity index (χ3n) is 4.05. The van der Waals surface area contributed by atoms with Gasteiger partial charge in [0.05, 0.1) is 6.04 Å². The van der Waals surface area contributed by atoms with E-state index >= 15 is 0 Å². The number of nitrogens with zero attached hydrogens (tertiary/aromatic N) is 2. The number of carbonyl (C=O) groups is 2. The summed E-state index contributed by atoms with van der Waals surface area (Å²) in [5, 5.41) is 0. The topological polar surface area (TPSA) is 75.9 Å². The van der Waals surface area contributed by atoms with Gasteiger partial charge in [-0.05, 0) is 24.8 Å². The Morgan fingerprint density at radius 3 is 2.74 bits per heavy atom. The number of amides is 2. The molecule has 1 saturated heterocycles. The fraction of sp³-hybridized carbons (Fsp3) is 0.529. The summed E-state index contributed by atoms with van der Waals surface area (Å²) < 4.78 is 5.34. The highest BCUT2D eigenvalue weighted by molar-refractivity contribution is 5.80. The van der Waals surface area contributed by atoms with Crippen LogP contribution in [0.2, 0.25) is 0 Å². The Hall–Kier alpha value is -2.08. The van der Waals surface area contributed by atoms with Crippen molar-refractivity contribution < 1.29 is 14.3 Å². The first-order chi connectivity index (χ1) is 11.0. The second kappa shape index (κ2) is 7.97. The van der Waals surface area contributed by atoms with Gasteiger partial charge in [-0.1, -0.05) is 30.3 Å². The highest BCUT2D eigenvalue weighted by Crippen LogP contribution is 2.18. The molecule has 1 heterocycles. The average molecular weight is 319 g/mol. The van der Waals surface area contributed by atoms with Gasteiger partial charge in [-0.2, -0.15) is 0 Å². The number of ether oxygens (including phenoxy) is 1. The third kappa shape index (κ3) is 4.96. The lowest BCUT2D eigenvalue weighted by Crippen LogP contribution is -2.42. The molecule has 2 amide bonds. The molecule has 2 atom stereocenters. The first-order valence-electron chi connectivity index (χ1n) is 7.93. The maximum atomic E-state index is 12.1. The van der Waals surface area contributed by atoms with Crippen LogP contribution < -0.4 is 5.73 Å². The van der Waals surface area contributed by atoms with Gasteiger partial charge in [-0.3, -0.25) is 4.79 Å². The number of likely N-dealkylation sites (tertiary alicyclic amines) is 1. The first kappa shape index (κ1) is 17.3. The van der Waals surface area contributed by atoms with Crippen LogP contribution in [-0.4, -0.2) is 54.5 Å². The molecule has 23 heavy (non-hydrogen) atoms. The van der Waals surface area contributed by atoms with Crippen LogP contribution in [0, 0.1) is 5.92 Å². The Balaban J connectivity index is 1.76. The largest absolute Gasteiger partial charge is 0.445 e. The van der Waals surface area contributed by atoms with E-state index in [0.29, 0.717) is 19.6 Å². The molecular formula is C17H25N3O3. The molecule has 0 bridgehead atoms. The minimum atomic E-state index is -0.492. The number of likely N-dealkylation sites (N-methyl/N-ethyl adjacent to an activating group) is 1. The van der Waals surface area contributed by atoms with Crippen molar-refractivity contribution in [3.63, 3.8) is 0 Å². The molecule has 126 valence electrons. The van der Waals surface area contributed by atoms with Crippen LogP contribution in [0.15, 0.2) is 30.3 Å². The first-order valence-corrected chi connectivity index (χ1v) is 7.93. The lowest BCUT2D eigenvalue weighted by atomic mass is 10.1. The highest BCUT2D eigenvalue weighted by atomic mass is 16.6. The number of rotatable bonds is 5. The van der Waals surface area contributed by atoms with E-state index in [2.05, 4.69) is 0 Å². The van der Waals surface area contributed by atoms with Crippen molar-refractivity contribution in [2.24, 2.45) is 11.7 Å². The molecule has 1 aromatic carbocycles. The summed E-state index contributed by atoms with van der Waals surface area (Å²) in [7, 11) is 1.75. The van der Waals surface area contributed by atoms with E-state index in [-0.39, 0.29) is 24.5 Å². The smallest absolute Gasteiger partial charge is 0.410 e. The molecule has 6 heteroatoms. The molecule has 0 aromatic heterocycles. The van der Waals surface area contributed by atoms with Gasteiger partial charge >= 0.3 is 6.09 Å². The van der Waals surface area contributed by atoms with Crippen LogP contribution in [0.4, 0.5) is 4.79 Å². The van der Waals surface area contributed by atoms with Gasteiger partial charge in [0, 0.05) is 26.7 Å². The van der Waals surface area contributed by atoms with Crippen LogP contribution in [0.25, 0.3) is 0 Å². The molecule has 0 saturated carbocycles. The second-order valence-corrected chi connectivity index (χ2v) is 6.15. The minimum absolute atomic E-state index is 0.0740. The summed E-state index contributed by atoms with van der Waals surface area (Å²) in [6.07, 6.45) is 0.578. The van der Waals surface area contributed by atoms with Crippen molar-refractivity contribution >= 4 is 12.0 Å². The van der Waals surface area contributed by atoms with Gasteiger partial charge in [0.1, 0.15) is 6.61 Å². The molecule has 1 aromatic rings. The molecule has 1 aliphatic heterocycles. The number of nitrogens with two attached hydrogens (primary N) is 1. The Morgan fingerprint density at radius 1 is 1.39 bits per heavy atom. The number of benzene rings is 1.